The van der Waals surface area contributed by atoms with Crippen LogP contribution in [0.5, 0.6) is 0 Å². The van der Waals surface area contributed by atoms with Crippen LogP contribution in [0.4, 0.5) is 0 Å². The Hall–Kier alpha value is -0.610. The normalized spacial score (nSPS) is 22.2. The Balaban J connectivity index is 2.37. The molecule has 2 atom stereocenters. The molecule has 4 nitrogen and oxygen atoms in total. The van der Waals surface area contributed by atoms with Crippen molar-refractivity contribution in [3.63, 3.8) is 0 Å². The molecule has 1 heterocycles. The van der Waals surface area contributed by atoms with Gasteiger partial charge in [0.1, 0.15) is 0 Å². The maximum absolute atomic E-state index is 12.1. The van der Waals surface area contributed by atoms with Gasteiger partial charge in [0.2, 0.25) is 5.91 Å². The molecule has 3 N–H and O–H groups in total. The van der Waals surface area contributed by atoms with Crippen molar-refractivity contribution in [2.45, 2.75) is 52.5 Å². The lowest BCUT2D eigenvalue weighted by Crippen LogP contribution is -2.49. The van der Waals surface area contributed by atoms with E-state index in [1.54, 1.807) is 0 Å². The number of carbonyl (C=O) groups is 1. The molecule has 0 saturated carbocycles. The zero-order valence-electron chi connectivity index (χ0n) is 12.2. The van der Waals surface area contributed by atoms with Crippen molar-refractivity contribution in [1.82, 2.24) is 10.2 Å². The Labute approximate surface area is 111 Å². The fraction of sp³-hybridized carbons (Fsp3) is 0.929. The summed E-state index contributed by atoms with van der Waals surface area (Å²) in [7, 11) is 0. The molecule has 0 bridgehead atoms. The highest BCUT2D eigenvalue weighted by Gasteiger charge is 2.30. The van der Waals surface area contributed by atoms with Crippen molar-refractivity contribution in [2.75, 3.05) is 26.2 Å². The minimum Gasteiger partial charge on any atom is -0.354 e. The van der Waals surface area contributed by atoms with Gasteiger partial charge in [-0.1, -0.05) is 13.3 Å². The summed E-state index contributed by atoms with van der Waals surface area (Å²) in [6.07, 6.45) is 4.70. The van der Waals surface area contributed by atoms with Gasteiger partial charge in [0.15, 0.2) is 0 Å². The van der Waals surface area contributed by atoms with Crippen molar-refractivity contribution < 1.29 is 4.79 Å². The Kier molecular flexibility index (Phi) is 6.09. The molecule has 106 valence electrons. The molecule has 0 aromatic carbocycles. The average molecular weight is 255 g/mol. The van der Waals surface area contributed by atoms with Crippen LogP contribution in [0.3, 0.4) is 0 Å². The molecule has 0 radical (unpaired) electrons. The molecule has 1 aliphatic heterocycles. The van der Waals surface area contributed by atoms with Crippen LogP contribution in [-0.4, -0.2) is 43.0 Å². The van der Waals surface area contributed by atoms with Gasteiger partial charge in [0.25, 0.3) is 0 Å². The van der Waals surface area contributed by atoms with E-state index in [1.165, 1.54) is 32.4 Å². The molecule has 1 amide bonds. The molecule has 1 aliphatic rings. The van der Waals surface area contributed by atoms with Crippen LogP contribution in [-0.2, 0) is 4.79 Å². The minimum absolute atomic E-state index is 0.0939. The molecule has 0 aromatic rings. The van der Waals surface area contributed by atoms with Gasteiger partial charge in [-0.05, 0) is 46.2 Å². The molecule has 1 saturated heterocycles. The van der Waals surface area contributed by atoms with Crippen LogP contribution < -0.4 is 11.1 Å². The number of amides is 1. The van der Waals surface area contributed by atoms with Gasteiger partial charge >= 0.3 is 0 Å². The smallest absolute Gasteiger partial charge is 0.227 e. The first-order valence-electron chi connectivity index (χ1n) is 7.26. The second-order valence-corrected chi connectivity index (χ2v) is 5.77. The monoisotopic (exact) mass is 255 g/mol. The van der Waals surface area contributed by atoms with Crippen LogP contribution in [0.2, 0.25) is 0 Å². The second kappa shape index (κ2) is 7.10. The summed E-state index contributed by atoms with van der Waals surface area (Å²) in [5.41, 5.74) is 5.28. The zero-order chi connectivity index (χ0) is 13.6. The standard InChI is InChI=1S/C14H29N3O/c1-4-14(3,11-15)13(18)16-10-12(2)17-8-6-5-7-9-17/h12H,4-11,15H2,1-3H3,(H,16,18). The highest BCUT2D eigenvalue weighted by Crippen LogP contribution is 2.19. The number of nitrogens with one attached hydrogen (secondary N) is 1. The van der Waals surface area contributed by atoms with Crippen LogP contribution in [0, 0.1) is 5.41 Å². The Morgan fingerprint density at radius 1 is 1.39 bits per heavy atom. The van der Waals surface area contributed by atoms with Gasteiger partial charge in [0.05, 0.1) is 5.41 Å². The quantitative estimate of drug-likeness (QED) is 0.753. The van der Waals surface area contributed by atoms with Gasteiger partial charge in [-0.3, -0.25) is 9.69 Å². The van der Waals surface area contributed by atoms with Gasteiger partial charge in [-0.2, -0.15) is 0 Å². The predicted molar refractivity (Wildman–Crippen MR) is 75.3 cm³/mol. The van der Waals surface area contributed by atoms with Crippen molar-refractivity contribution >= 4 is 5.91 Å². The number of nitrogens with zero attached hydrogens (tertiary/aromatic N) is 1. The van der Waals surface area contributed by atoms with Crippen LogP contribution in [0.25, 0.3) is 0 Å². The highest BCUT2D eigenvalue weighted by molar-refractivity contribution is 5.82. The molecule has 18 heavy (non-hydrogen) atoms. The van der Waals surface area contributed by atoms with Crippen molar-refractivity contribution in [3.8, 4) is 0 Å². The fourth-order valence-corrected chi connectivity index (χ4v) is 2.34. The summed E-state index contributed by atoms with van der Waals surface area (Å²) in [6, 6.07) is 0.424. The summed E-state index contributed by atoms with van der Waals surface area (Å²) >= 11 is 0. The Morgan fingerprint density at radius 3 is 2.50 bits per heavy atom. The number of nitrogens with two attached hydrogens (primary N) is 1. The first-order valence-corrected chi connectivity index (χ1v) is 7.26. The first kappa shape index (κ1) is 15.4. The number of hydrogen-bond acceptors (Lipinski definition) is 3. The van der Waals surface area contributed by atoms with Gasteiger partial charge in [0, 0.05) is 19.1 Å². The molecule has 2 unspecified atom stereocenters. The molecule has 1 fully saturated rings. The van der Waals surface area contributed by atoms with E-state index in [4.69, 9.17) is 5.73 Å². The van der Waals surface area contributed by atoms with E-state index in [0.717, 1.165) is 13.0 Å². The van der Waals surface area contributed by atoms with E-state index in [0.29, 0.717) is 12.6 Å². The number of piperidine rings is 1. The lowest BCUT2D eigenvalue weighted by Gasteiger charge is -2.33. The average Bonchev–Trinajstić information content (AvgIpc) is 2.44. The largest absolute Gasteiger partial charge is 0.354 e. The summed E-state index contributed by atoms with van der Waals surface area (Å²) < 4.78 is 0. The van der Waals surface area contributed by atoms with E-state index in [-0.39, 0.29) is 5.91 Å². The van der Waals surface area contributed by atoms with Crippen LogP contribution in [0.15, 0.2) is 0 Å². The molecular formula is C14H29N3O. The summed E-state index contributed by atoms with van der Waals surface area (Å²) in [5.74, 6) is 0.0939. The number of likely N-dealkylation sites (tertiary alicyclic amines) is 1. The van der Waals surface area contributed by atoms with E-state index < -0.39 is 5.41 Å². The van der Waals surface area contributed by atoms with Crippen LogP contribution in [0.1, 0.15) is 46.5 Å². The Bertz CT molecular complexity index is 258. The van der Waals surface area contributed by atoms with E-state index in [9.17, 15) is 4.79 Å². The lowest BCUT2D eigenvalue weighted by molar-refractivity contribution is -0.130. The third-order valence-corrected chi connectivity index (χ3v) is 4.35. The van der Waals surface area contributed by atoms with E-state index in [2.05, 4.69) is 17.1 Å². The van der Waals surface area contributed by atoms with E-state index in [1.807, 2.05) is 13.8 Å². The van der Waals surface area contributed by atoms with Crippen LogP contribution >= 0.6 is 0 Å². The predicted octanol–water partition coefficient (Wildman–Crippen LogP) is 1.35. The third-order valence-electron chi connectivity index (χ3n) is 4.35. The zero-order valence-corrected chi connectivity index (χ0v) is 12.2. The highest BCUT2D eigenvalue weighted by atomic mass is 16.2. The summed E-state index contributed by atoms with van der Waals surface area (Å²) in [5, 5.41) is 3.06. The summed E-state index contributed by atoms with van der Waals surface area (Å²) in [4.78, 5) is 14.6. The molecule has 0 spiro atoms. The first-order chi connectivity index (χ1) is 8.53. The van der Waals surface area contributed by atoms with E-state index >= 15 is 0 Å². The SMILES string of the molecule is CCC(C)(CN)C(=O)NCC(C)N1CCCCC1. The van der Waals surface area contributed by atoms with Crippen molar-refractivity contribution in [2.24, 2.45) is 11.1 Å². The van der Waals surface area contributed by atoms with Gasteiger partial charge in [-0.25, -0.2) is 0 Å². The number of hydrogen-bond donors (Lipinski definition) is 2. The van der Waals surface area contributed by atoms with Crippen molar-refractivity contribution in [3.05, 3.63) is 0 Å². The second-order valence-electron chi connectivity index (χ2n) is 5.77. The minimum atomic E-state index is -0.415. The van der Waals surface area contributed by atoms with Crippen molar-refractivity contribution in [1.29, 1.82) is 0 Å². The lowest BCUT2D eigenvalue weighted by atomic mass is 9.86. The molecule has 0 aliphatic carbocycles. The molecule has 1 rings (SSSR count). The molecule has 4 heteroatoms. The van der Waals surface area contributed by atoms with Gasteiger partial charge < -0.3 is 11.1 Å². The number of carbonyl (C=O) groups excluding carboxylic acids is 1. The molecular weight excluding hydrogens is 226 g/mol. The molecule has 0 aromatic heterocycles. The summed E-state index contributed by atoms with van der Waals surface area (Å²) in [6.45, 7) is 9.62. The fourth-order valence-electron chi connectivity index (χ4n) is 2.34. The number of rotatable bonds is 6. The van der Waals surface area contributed by atoms with Gasteiger partial charge in [-0.15, -0.1) is 0 Å². The maximum atomic E-state index is 12.1. The maximum Gasteiger partial charge on any atom is 0.227 e. The topological polar surface area (TPSA) is 58.4 Å². The Morgan fingerprint density at radius 2 is 2.00 bits per heavy atom. The third kappa shape index (κ3) is 3.95.